The molecule has 2 rings (SSSR count). The second-order valence-electron chi connectivity index (χ2n) is 7.41. The summed E-state index contributed by atoms with van der Waals surface area (Å²) in [6.07, 6.45) is 8.98. The monoisotopic (exact) mass is 362 g/mol. The minimum absolute atomic E-state index is 0. The summed E-state index contributed by atoms with van der Waals surface area (Å²) >= 11 is 0. The van der Waals surface area contributed by atoms with E-state index < -0.39 is 5.97 Å². The van der Waals surface area contributed by atoms with E-state index in [1.54, 1.807) is 0 Å². The Bertz CT molecular complexity index is 370. The highest BCUT2D eigenvalue weighted by atomic mass is 35.5. The molecule has 2 fully saturated rings. The molecule has 1 N–H and O–H groups in total. The molecule has 0 aromatic heterocycles. The van der Waals surface area contributed by atoms with Crippen molar-refractivity contribution in [3.05, 3.63) is 0 Å². The lowest BCUT2D eigenvalue weighted by Gasteiger charge is -2.30. The molecule has 0 bridgehead atoms. The van der Waals surface area contributed by atoms with Gasteiger partial charge in [0.1, 0.15) is 0 Å². The molecular formula is C18H35ClN2O3. The second kappa shape index (κ2) is 11.3. The number of nitrogens with zero attached hydrogens (tertiary/aromatic N) is 2. The Morgan fingerprint density at radius 3 is 2.62 bits per heavy atom. The number of aliphatic carboxylic acids is 1. The number of rotatable bonds is 7. The summed E-state index contributed by atoms with van der Waals surface area (Å²) in [5.41, 5.74) is 0. The Morgan fingerprint density at radius 1 is 1.17 bits per heavy atom. The summed E-state index contributed by atoms with van der Waals surface area (Å²) in [6.45, 7) is 6.48. The first-order chi connectivity index (χ1) is 11.1. The average Bonchev–Trinajstić information content (AvgIpc) is 2.74. The number of ether oxygens (including phenoxy) is 1. The number of carbonyl (C=O) groups is 1. The van der Waals surface area contributed by atoms with Crippen LogP contribution in [0.25, 0.3) is 0 Å². The van der Waals surface area contributed by atoms with Crippen molar-refractivity contribution in [2.75, 3.05) is 39.8 Å². The van der Waals surface area contributed by atoms with E-state index in [9.17, 15) is 4.79 Å². The van der Waals surface area contributed by atoms with Gasteiger partial charge in [-0.25, -0.2) is 0 Å². The fraction of sp³-hybridized carbons (Fsp3) is 0.944. The third-order valence-corrected chi connectivity index (χ3v) is 5.57. The van der Waals surface area contributed by atoms with Crippen LogP contribution in [0.4, 0.5) is 0 Å². The molecule has 1 aliphatic heterocycles. The van der Waals surface area contributed by atoms with Crippen molar-refractivity contribution in [3.8, 4) is 0 Å². The van der Waals surface area contributed by atoms with Gasteiger partial charge in [-0.3, -0.25) is 9.69 Å². The van der Waals surface area contributed by atoms with Gasteiger partial charge in [0.15, 0.2) is 0 Å². The number of likely N-dealkylation sites (tertiary alicyclic amines) is 1. The van der Waals surface area contributed by atoms with Crippen LogP contribution in [0.5, 0.6) is 0 Å². The van der Waals surface area contributed by atoms with Crippen LogP contribution in [0.2, 0.25) is 0 Å². The molecule has 5 nitrogen and oxygen atoms in total. The molecular weight excluding hydrogens is 328 g/mol. The topological polar surface area (TPSA) is 53.0 Å². The van der Waals surface area contributed by atoms with Crippen molar-refractivity contribution in [2.24, 2.45) is 5.92 Å². The summed E-state index contributed by atoms with van der Waals surface area (Å²) in [4.78, 5) is 15.3. The highest BCUT2D eigenvalue weighted by Crippen LogP contribution is 2.26. The Labute approximate surface area is 153 Å². The SMILES string of the molecule is CC1CCCCC1OCCN1CCCC(N(C)CC(=O)O)CC1.Cl. The van der Waals surface area contributed by atoms with E-state index in [4.69, 9.17) is 9.84 Å². The molecule has 0 aromatic carbocycles. The number of carboxylic acids is 1. The molecule has 1 saturated carbocycles. The van der Waals surface area contributed by atoms with Gasteiger partial charge in [0, 0.05) is 12.6 Å². The predicted molar refractivity (Wildman–Crippen MR) is 99.0 cm³/mol. The van der Waals surface area contributed by atoms with Crippen LogP contribution < -0.4 is 0 Å². The summed E-state index contributed by atoms with van der Waals surface area (Å²) in [5, 5.41) is 8.93. The predicted octanol–water partition coefficient (Wildman–Crippen LogP) is 2.87. The normalized spacial score (nSPS) is 29.0. The molecule has 1 saturated heterocycles. The molecule has 0 amide bonds. The van der Waals surface area contributed by atoms with Crippen molar-refractivity contribution in [1.82, 2.24) is 9.80 Å². The zero-order valence-corrected chi connectivity index (χ0v) is 16.1. The standard InChI is InChI=1S/C18H34N2O3.ClH/c1-15-6-3-4-8-17(15)23-13-12-20-10-5-7-16(9-11-20)19(2)14-18(21)22;/h15-17H,3-14H2,1-2H3,(H,21,22);1H. The van der Waals surface area contributed by atoms with Crippen LogP contribution in [-0.4, -0.2) is 72.9 Å². The van der Waals surface area contributed by atoms with E-state index in [2.05, 4.69) is 11.8 Å². The molecule has 142 valence electrons. The highest BCUT2D eigenvalue weighted by Gasteiger charge is 2.23. The maximum absolute atomic E-state index is 10.9. The fourth-order valence-electron chi connectivity index (χ4n) is 4.01. The van der Waals surface area contributed by atoms with Crippen molar-refractivity contribution >= 4 is 18.4 Å². The molecule has 0 radical (unpaired) electrons. The van der Waals surface area contributed by atoms with E-state index in [0.717, 1.165) is 45.5 Å². The number of likely N-dealkylation sites (N-methyl/N-ethyl adjacent to an activating group) is 1. The molecule has 0 aromatic rings. The highest BCUT2D eigenvalue weighted by molar-refractivity contribution is 5.85. The Morgan fingerprint density at radius 2 is 1.92 bits per heavy atom. The van der Waals surface area contributed by atoms with Gasteiger partial charge in [-0.05, 0) is 58.2 Å². The smallest absolute Gasteiger partial charge is 0.317 e. The van der Waals surface area contributed by atoms with E-state index in [1.807, 2.05) is 11.9 Å². The van der Waals surface area contributed by atoms with Crippen molar-refractivity contribution in [2.45, 2.75) is 64.0 Å². The van der Waals surface area contributed by atoms with Gasteiger partial charge in [-0.15, -0.1) is 12.4 Å². The average molecular weight is 363 g/mol. The fourth-order valence-corrected chi connectivity index (χ4v) is 4.01. The first kappa shape index (κ1) is 21.7. The molecule has 3 atom stereocenters. The van der Waals surface area contributed by atoms with Crippen LogP contribution in [0.3, 0.4) is 0 Å². The largest absolute Gasteiger partial charge is 0.480 e. The number of hydrogen-bond acceptors (Lipinski definition) is 4. The van der Waals surface area contributed by atoms with Gasteiger partial charge in [-0.2, -0.15) is 0 Å². The van der Waals surface area contributed by atoms with Crippen LogP contribution in [-0.2, 0) is 9.53 Å². The maximum Gasteiger partial charge on any atom is 0.317 e. The lowest BCUT2D eigenvalue weighted by molar-refractivity contribution is -0.138. The van der Waals surface area contributed by atoms with Gasteiger partial charge in [0.2, 0.25) is 0 Å². The van der Waals surface area contributed by atoms with Gasteiger partial charge >= 0.3 is 5.97 Å². The molecule has 2 aliphatic rings. The van der Waals surface area contributed by atoms with Gasteiger partial charge in [0.05, 0.1) is 19.3 Å². The lowest BCUT2D eigenvalue weighted by Crippen LogP contribution is -2.37. The zero-order valence-electron chi connectivity index (χ0n) is 15.3. The van der Waals surface area contributed by atoms with E-state index >= 15 is 0 Å². The summed E-state index contributed by atoms with van der Waals surface area (Å²) in [7, 11) is 1.93. The zero-order chi connectivity index (χ0) is 16.7. The summed E-state index contributed by atoms with van der Waals surface area (Å²) < 4.78 is 6.14. The van der Waals surface area contributed by atoms with Gasteiger partial charge in [-0.1, -0.05) is 19.8 Å². The van der Waals surface area contributed by atoms with Gasteiger partial charge in [0.25, 0.3) is 0 Å². The Hall–Kier alpha value is -0.360. The Balaban J connectivity index is 0.00000288. The molecule has 1 heterocycles. The van der Waals surface area contributed by atoms with Crippen LogP contribution in [0.15, 0.2) is 0 Å². The molecule has 6 heteroatoms. The summed E-state index contributed by atoms with van der Waals surface area (Å²) in [5.74, 6) is -0.0227. The maximum atomic E-state index is 10.9. The van der Waals surface area contributed by atoms with Crippen LogP contribution in [0.1, 0.15) is 51.9 Å². The third-order valence-electron chi connectivity index (χ3n) is 5.57. The third kappa shape index (κ3) is 7.26. The van der Waals surface area contributed by atoms with Gasteiger partial charge < -0.3 is 14.7 Å². The van der Waals surface area contributed by atoms with Crippen molar-refractivity contribution in [1.29, 1.82) is 0 Å². The molecule has 1 aliphatic carbocycles. The first-order valence-corrected chi connectivity index (χ1v) is 9.32. The lowest BCUT2D eigenvalue weighted by atomic mass is 9.88. The first-order valence-electron chi connectivity index (χ1n) is 9.32. The molecule has 0 spiro atoms. The Kier molecular flexibility index (Phi) is 10.2. The number of halogens is 1. The van der Waals surface area contributed by atoms with Crippen LogP contribution in [0, 0.1) is 5.92 Å². The minimum Gasteiger partial charge on any atom is -0.480 e. The van der Waals surface area contributed by atoms with E-state index in [0.29, 0.717) is 18.1 Å². The number of hydrogen-bond donors (Lipinski definition) is 1. The minimum atomic E-state index is -0.733. The second-order valence-corrected chi connectivity index (χ2v) is 7.41. The quantitative estimate of drug-likeness (QED) is 0.754. The molecule has 3 unspecified atom stereocenters. The van der Waals surface area contributed by atoms with Crippen molar-refractivity contribution in [3.63, 3.8) is 0 Å². The van der Waals surface area contributed by atoms with E-state index in [-0.39, 0.29) is 19.0 Å². The van der Waals surface area contributed by atoms with E-state index in [1.165, 1.54) is 25.7 Å². The van der Waals surface area contributed by atoms with Crippen molar-refractivity contribution < 1.29 is 14.6 Å². The molecule has 24 heavy (non-hydrogen) atoms. The van der Waals surface area contributed by atoms with Crippen LogP contribution >= 0.6 is 12.4 Å². The summed E-state index contributed by atoms with van der Waals surface area (Å²) in [6, 6.07) is 0.399. The number of carboxylic acid groups (broad SMARTS) is 1.